The maximum absolute atomic E-state index is 11.1. The Morgan fingerprint density at radius 1 is 1.36 bits per heavy atom. The number of carbonyl (C=O) groups excluding carboxylic acids is 1. The van der Waals surface area contributed by atoms with E-state index in [0.717, 1.165) is 0 Å². The van der Waals surface area contributed by atoms with Crippen molar-refractivity contribution in [1.82, 2.24) is 0 Å². The second kappa shape index (κ2) is 5.74. The summed E-state index contributed by atoms with van der Waals surface area (Å²) in [5.41, 5.74) is 0. The molecule has 0 atom stereocenters. The Morgan fingerprint density at radius 3 is 2.36 bits per heavy atom. The summed E-state index contributed by atoms with van der Waals surface area (Å²) in [6, 6.07) is 0. The third kappa shape index (κ3) is 9.18. The Morgan fingerprint density at radius 2 is 1.93 bits per heavy atom. The van der Waals surface area contributed by atoms with Gasteiger partial charge in [0.2, 0.25) is 14.9 Å². The minimum absolute atomic E-state index is 0.0692. The van der Waals surface area contributed by atoms with Gasteiger partial charge in [-0.05, 0) is 26.1 Å². The van der Waals surface area contributed by atoms with Crippen molar-refractivity contribution in [2.45, 2.75) is 38.9 Å². The topological polar surface area (TPSA) is 69.4 Å². The molecule has 0 saturated heterocycles. The summed E-state index contributed by atoms with van der Waals surface area (Å²) >= 11 is 0. The van der Waals surface area contributed by atoms with Crippen LogP contribution in [0.5, 0.6) is 0 Å². The van der Waals surface area contributed by atoms with Gasteiger partial charge in [0.05, 0.1) is 0 Å². The van der Waals surface area contributed by atoms with Gasteiger partial charge in [0.15, 0.2) is 0 Å². The summed E-state index contributed by atoms with van der Waals surface area (Å²) in [6.07, 6.45) is 1.26. The van der Waals surface area contributed by atoms with Crippen LogP contribution in [0.3, 0.4) is 0 Å². The van der Waals surface area contributed by atoms with Crippen LogP contribution in [0.2, 0.25) is 19.6 Å². The molecular weight excluding hydrogens is 202 g/mol. The largest absolute Gasteiger partial charge is 0.520 e. The van der Waals surface area contributed by atoms with Crippen LogP contribution in [0.4, 0.5) is 0 Å². The fourth-order valence-electron chi connectivity index (χ4n) is 0.903. The molecule has 0 radical (unpaired) electrons. The molecule has 82 valence electrons. The summed E-state index contributed by atoms with van der Waals surface area (Å²) < 4.78 is 5.17. The molecule has 0 heterocycles. The molecule has 0 aromatic heterocycles. The molecule has 0 saturated carbocycles. The van der Waals surface area contributed by atoms with Crippen molar-refractivity contribution in [3.8, 4) is 0 Å². The SMILES string of the molecule is C[Si](C)(C)OC(=O)CCCC[N+](=O)[O-]. The quantitative estimate of drug-likeness (QED) is 0.296. The van der Waals surface area contributed by atoms with Crippen molar-refractivity contribution < 1.29 is 14.1 Å². The highest BCUT2D eigenvalue weighted by Crippen LogP contribution is 2.06. The molecule has 0 fully saturated rings. The molecule has 0 aliphatic carbocycles. The first-order chi connectivity index (χ1) is 6.31. The summed E-state index contributed by atoms with van der Waals surface area (Å²) in [5, 5.41) is 9.97. The Hall–Kier alpha value is -0.913. The van der Waals surface area contributed by atoms with E-state index in [-0.39, 0.29) is 23.9 Å². The van der Waals surface area contributed by atoms with Crippen molar-refractivity contribution in [1.29, 1.82) is 0 Å². The minimum Gasteiger partial charge on any atom is -0.520 e. The lowest BCUT2D eigenvalue weighted by molar-refractivity contribution is -0.480. The lowest BCUT2D eigenvalue weighted by atomic mass is 10.2. The molecule has 6 heteroatoms. The summed E-state index contributed by atoms with van der Waals surface area (Å²) in [7, 11) is -1.79. The number of hydrogen-bond donors (Lipinski definition) is 0. The lowest BCUT2D eigenvalue weighted by Crippen LogP contribution is -2.29. The van der Waals surface area contributed by atoms with E-state index < -0.39 is 8.32 Å². The summed E-state index contributed by atoms with van der Waals surface area (Å²) in [6.45, 7) is 5.73. The van der Waals surface area contributed by atoms with E-state index in [4.69, 9.17) is 4.43 Å². The maximum atomic E-state index is 11.1. The van der Waals surface area contributed by atoms with Gasteiger partial charge in [-0.25, -0.2) is 0 Å². The first-order valence-corrected chi connectivity index (χ1v) is 8.06. The predicted molar refractivity (Wildman–Crippen MR) is 55.2 cm³/mol. The fraction of sp³-hybridized carbons (Fsp3) is 0.875. The molecule has 0 rings (SSSR count). The minimum atomic E-state index is -1.79. The number of unbranched alkanes of at least 4 members (excludes halogenated alkanes) is 1. The van der Waals surface area contributed by atoms with Crippen LogP contribution >= 0.6 is 0 Å². The van der Waals surface area contributed by atoms with Gasteiger partial charge in [-0.1, -0.05) is 0 Å². The first kappa shape index (κ1) is 13.1. The van der Waals surface area contributed by atoms with Crippen LogP contribution in [-0.4, -0.2) is 25.8 Å². The van der Waals surface area contributed by atoms with Gasteiger partial charge in [-0.3, -0.25) is 14.9 Å². The zero-order valence-corrected chi connectivity index (χ0v) is 9.91. The smallest absolute Gasteiger partial charge is 0.292 e. The Labute approximate surface area is 84.7 Å². The highest BCUT2D eigenvalue weighted by molar-refractivity contribution is 6.71. The Bertz CT molecular complexity index is 212. The molecule has 0 aliphatic rings. The van der Waals surface area contributed by atoms with E-state index in [1.54, 1.807) is 0 Å². The molecule has 0 bridgehead atoms. The van der Waals surface area contributed by atoms with Gasteiger partial charge in [0.25, 0.3) is 5.97 Å². The predicted octanol–water partition coefficient (Wildman–Crippen LogP) is 1.81. The normalized spacial score (nSPS) is 11.1. The molecule has 0 N–H and O–H groups in total. The van der Waals surface area contributed by atoms with E-state index in [0.29, 0.717) is 12.8 Å². The molecule has 0 aliphatic heterocycles. The zero-order valence-electron chi connectivity index (χ0n) is 8.91. The second-order valence-corrected chi connectivity index (χ2v) is 8.53. The number of rotatable bonds is 6. The Kier molecular flexibility index (Phi) is 5.37. The van der Waals surface area contributed by atoms with Crippen molar-refractivity contribution in [3.05, 3.63) is 10.1 Å². The molecule has 14 heavy (non-hydrogen) atoms. The molecule has 0 aromatic carbocycles. The van der Waals surface area contributed by atoms with Crippen molar-refractivity contribution >= 4 is 14.3 Å². The van der Waals surface area contributed by atoms with E-state index in [9.17, 15) is 14.9 Å². The highest BCUT2D eigenvalue weighted by Gasteiger charge is 2.19. The average Bonchev–Trinajstić information content (AvgIpc) is 1.94. The van der Waals surface area contributed by atoms with E-state index in [1.807, 2.05) is 19.6 Å². The third-order valence-electron chi connectivity index (χ3n) is 1.39. The van der Waals surface area contributed by atoms with E-state index in [2.05, 4.69) is 0 Å². The van der Waals surface area contributed by atoms with Gasteiger partial charge in [0, 0.05) is 17.8 Å². The number of carbonyl (C=O) groups is 1. The number of nitrogens with zero attached hydrogens (tertiary/aromatic N) is 1. The van der Waals surface area contributed by atoms with E-state index in [1.165, 1.54) is 0 Å². The van der Waals surface area contributed by atoms with Gasteiger partial charge >= 0.3 is 0 Å². The fourth-order valence-corrected chi connectivity index (χ4v) is 1.69. The van der Waals surface area contributed by atoms with Crippen molar-refractivity contribution in [2.24, 2.45) is 0 Å². The molecular formula is C8H17NO4Si. The summed E-state index contributed by atoms with van der Waals surface area (Å²) in [4.78, 5) is 20.7. The summed E-state index contributed by atoms with van der Waals surface area (Å²) in [5.74, 6) is -0.229. The van der Waals surface area contributed by atoms with Crippen LogP contribution in [0.15, 0.2) is 0 Å². The first-order valence-electron chi connectivity index (χ1n) is 4.65. The maximum Gasteiger partial charge on any atom is 0.292 e. The molecule has 0 aromatic rings. The monoisotopic (exact) mass is 219 g/mol. The number of nitro groups is 1. The van der Waals surface area contributed by atoms with Crippen LogP contribution in [0.25, 0.3) is 0 Å². The van der Waals surface area contributed by atoms with Gasteiger partial charge in [-0.2, -0.15) is 0 Å². The number of hydrogen-bond acceptors (Lipinski definition) is 4. The molecule has 5 nitrogen and oxygen atoms in total. The van der Waals surface area contributed by atoms with Crippen molar-refractivity contribution in [2.75, 3.05) is 6.54 Å². The van der Waals surface area contributed by atoms with Crippen molar-refractivity contribution in [3.63, 3.8) is 0 Å². The van der Waals surface area contributed by atoms with Crippen LogP contribution in [-0.2, 0) is 9.22 Å². The average molecular weight is 219 g/mol. The van der Waals surface area contributed by atoms with Gasteiger partial charge in [0.1, 0.15) is 0 Å². The standard InChI is InChI=1S/C8H17NO4Si/c1-14(2,3)13-8(10)6-4-5-7-9(11)12/h4-7H2,1-3H3. The van der Waals surface area contributed by atoms with Gasteiger partial charge < -0.3 is 4.43 Å². The third-order valence-corrected chi connectivity index (χ3v) is 2.23. The second-order valence-electron chi connectivity index (χ2n) is 4.10. The zero-order chi connectivity index (χ0) is 11.2. The lowest BCUT2D eigenvalue weighted by Gasteiger charge is -2.16. The van der Waals surface area contributed by atoms with Crippen LogP contribution in [0.1, 0.15) is 19.3 Å². The molecule has 0 spiro atoms. The van der Waals surface area contributed by atoms with E-state index >= 15 is 0 Å². The molecule has 0 unspecified atom stereocenters. The van der Waals surface area contributed by atoms with Gasteiger partial charge in [-0.15, -0.1) is 0 Å². The van der Waals surface area contributed by atoms with Crippen LogP contribution in [0, 0.1) is 10.1 Å². The van der Waals surface area contributed by atoms with Crippen LogP contribution < -0.4 is 0 Å². The Balaban J connectivity index is 3.50. The highest BCUT2D eigenvalue weighted by atomic mass is 28.4. The molecule has 0 amide bonds.